The lowest BCUT2D eigenvalue weighted by atomic mass is 10.1. The summed E-state index contributed by atoms with van der Waals surface area (Å²) in [5.41, 5.74) is 2.23. The molecule has 1 unspecified atom stereocenters. The molecule has 0 aromatic heterocycles. The maximum absolute atomic E-state index is 5.84. The van der Waals surface area contributed by atoms with Gasteiger partial charge in [0.15, 0.2) is 5.96 Å². The Kier molecular flexibility index (Phi) is 9.96. The molecule has 6 nitrogen and oxygen atoms in total. The molecule has 2 N–H and O–H groups in total. The van der Waals surface area contributed by atoms with Crippen LogP contribution in [0.15, 0.2) is 17.1 Å². The van der Waals surface area contributed by atoms with Crippen molar-refractivity contribution in [1.82, 2.24) is 10.6 Å². The zero-order chi connectivity index (χ0) is 17.4. The van der Waals surface area contributed by atoms with E-state index in [-0.39, 0.29) is 30.1 Å². The molecule has 25 heavy (non-hydrogen) atoms. The van der Waals surface area contributed by atoms with Gasteiger partial charge in [-0.1, -0.05) is 0 Å². The van der Waals surface area contributed by atoms with Crippen molar-refractivity contribution in [1.29, 1.82) is 0 Å². The molecule has 1 aliphatic rings. The van der Waals surface area contributed by atoms with Crippen LogP contribution in [0.25, 0.3) is 0 Å². The first-order chi connectivity index (χ1) is 11.7. The molecule has 0 amide bonds. The number of halogens is 1. The number of nitrogens with zero attached hydrogens (tertiary/aromatic N) is 1. The van der Waals surface area contributed by atoms with Crippen LogP contribution >= 0.6 is 24.0 Å². The summed E-state index contributed by atoms with van der Waals surface area (Å²) in [7, 11) is 3.41. The number of hydrogen-bond donors (Lipinski definition) is 2. The van der Waals surface area contributed by atoms with E-state index < -0.39 is 0 Å². The highest BCUT2D eigenvalue weighted by atomic mass is 127. The van der Waals surface area contributed by atoms with Crippen molar-refractivity contribution in [2.45, 2.75) is 39.3 Å². The number of guanidine groups is 1. The van der Waals surface area contributed by atoms with E-state index in [0.29, 0.717) is 6.54 Å². The third-order valence-corrected chi connectivity index (χ3v) is 3.87. The van der Waals surface area contributed by atoms with Gasteiger partial charge in [0.2, 0.25) is 0 Å². The summed E-state index contributed by atoms with van der Waals surface area (Å²) < 4.78 is 16.4. The van der Waals surface area contributed by atoms with E-state index in [2.05, 4.69) is 41.6 Å². The Morgan fingerprint density at radius 2 is 2.12 bits per heavy atom. The SMILES string of the molecule is CCNC(=NCc1cc2c(cc1OC)CC(C)O2)NCCCOC.I. The van der Waals surface area contributed by atoms with Gasteiger partial charge in [0, 0.05) is 44.4 Å². The van der Waals surface area contributed by atoms with Gasteiger partial charge in [-0.15, -0.1) is 24.0 Å². The molecule has 0 fully saturated rings. The Balaban J connectivity index is 0.00000312. The second-order valence-corrected chi connectivity index (χ2v) is 5.87. The molecule has 0 radical (unpaired) electrons. The molecule has 0 saturated heterocycles. The summed E-state index contributed by atoms with van der Waals surface area (Å²) in [6, 6.07) is 4.12. The van der Waals surface area contributed by atoms with E-state index in [1.54, 1.807) is 14.2 Å². The van der Waals surface area contributed by atoms with Crippen molar-refractivity contribution in [2.75, 3.05) is 33.9 Å². The first kappa shape index (κ1) is 21.8. The fourth-order valence-corrected chi connectivity index (χ4v) is 2.72. The van der Waals surface area contributed by atoms with Gasteiger partial charge in [-0.25, -0.2) is 4.99 Å². The third-order valence-electron chi connectivity index (χ3n) is 3.87. The number of aliphatic imine (C=N–C) groups is 1. The van der Waals surface area contributed by atoms with Gasteiger partial charge in [-0.3, -0.25) is 0 Å². The van der Waals surface area contributed by atoms with Crippen LogP contribution in [-0.4, -0.2) is 46.0 Å². The highest BCUT2D eigenvalue weighted by molar-refractivity contribution is 14.0. The normalized spacial score (nSPS) is 15.8. The Morgan fingerprint density at radius 3 is 2.80 bits per heavy atom. The number of fused-ring (bicyclic) bond motifs is 1. The molecule has 0 bridgehead atoms. The van der Waals surface area contributed by atoms with Crippen LogP contribution in [0.1, 0.15) is 31.4 Å². The average molecular weight is 463 g/mol. The Bertz CT molecular complexity index is 567. The molecule has 1 aromatic carbocycles. The molecule has 0 saturated carbocycles. The summed E-state index contributed by atoms with van der Waals surface area (Å²) in [5.74, 6) is 2.61. The fraction of sp³-hybridized carbons (Fsp3) is 0.611. The van der Waals surface area contributed by atoms with Crippen molar-refractivity contribution >= 4 is 29.9 Å². The van der Waals surface area contributed by atoms with Crippen molar-refractivity contribution in [3.63, 3.8) is 0 Å². The van der Waals surface area contributed by atoms with Crippen LogP contribution in [0, 0.1) is 0 Å². The summed E-state index contributed by atoms with van der Waals surface area (Å²) in [5, 5.41) is 6.56. The highest BCUT2D eigenvalue weighted by Crippen LogP contribution is 2.35. The van der Waals surface area contributed by atoms with Gasteiger partial charge in [0.05, 0.1) is 13.7 Å². The maximum Gasteiger partial charge on any atom is 0.191 e. The zero-order valence-electron chi connectivity index (χ0n) is 15.6. The minimum absolute atomic E-state index is 0. The van der Waals surface area contributed by atoms with Gasteiger partial charge >= 0.3 is 0 Å². The molecule has 0 spiro atoms. The molecule has 7 heteroatoms. The monoisotopic (exact) mass is 463 g/mol. The van der Waals surface area contributed by atoms with Gasteiger partial charge in [-0.05, 0) is 32.4 Å². The molecule has 0 aliphatic carbocycles. The Morgan fingerprint density at radius 1 is 1.32 bits per heavy atom. The number of hydrogen-bond acceptors (Lipinski definition) is 4. The molecular formula is C18H30IN3O3. The first-order valence-electron chi connectivity index (χ1n) is 8.55. The highest BCUT2D eigenvalue weighted by Gasteiger charge is 2.21. The molecule has 142 valence electrons. The Hall–Kier alpha value is -1.22. The van der Waals surface area contributed by atoms with Gasteiger partial charge < -0.3 is 24.8 Å². The summed E-state index contributed by atoms with van der Waals surface area (Å²) >= 11 is 0. The third kappa shape index (κ3) is 6.54. The zero-order valence-corrected chi connectivity index (χ0v) is 17.9. The number of benzene rings is 1. The van der Waals surface area contributed by atoms with Crippen LogP contribution in [0.4, 0.5) is 0 Å². The average Bonchev–Trinajstić information content (AvgIpc) is 2.94. The predicted molar refractivity (Wildman–Crippen MR) is 112 cm³/mol. The van der Waals surface area contributed by atoms with Crippen LogP contribution in [-0.2, 0) is 17.7 Å². The summed E-state index contributed by atoms with van der Waals surface area (Å²) in [6.45, 7) is 7.04. The smallest absolute Gasteiger partial charge is 0.191 e. The molecule has 1 heterocycles. The van der Waals surface area contributed by atoms with E-state index in [4.69, 9.17) is 14.2 Å². The molecular weight excluding hydrogens is 433 g/mol. The molecule has 1 atom stereocenters. The van der Waals surface area contributed by atoms with E-state index in [1.165, 1.54) is 5.56 Å². The maximum atomic E-state index is 5.84. The predicted octanol–water partition coefficient (Wildman–Crippen LogP) is 2.73. The van der Waals surface area contributed by atoms with Crippen LogP contribution in [0.5, 0.6) is 11.5 Å². The summed E-state index contributed by atoms with van der Waals surface area (Å²) in [6.07, 6.45) is 2.09. The first-order valence-corrected chi connectivity index (χ1v) is 8.55. The minimum Gasteiger partial charge on any atom is -0.496 e. The minimum atomic E-state index is 0. The van der Waals surface area contributed by atoms with E-state index in [9.17, 15) is 0 Å². The lowest BCUT2D eigenvalue weighted by Gasteiger charge is -2.13. The lowest BCUT2D eigenvalue weighted by molar-refractivity contribution is 0.195. The van der Waals surface area contributed by atoms with Crippen LogP contribution in [0.2, 0.25) is 0 Å². The number of methoxy groups -OCH3 is 2. The number of ether oxygens (including phenoxy) is 3. The fourth-order valence-electron chi connectivity index (χ4n) is 2.72. The van der Waals surface area contributed by atoms with Crippen LogP contribution < -0.4 is 20.1 Å². The van der Waals surface area contributed by atoms with Crippen molar-refractivity contribution in [3.05, 3.63) is 23.3 Å². The van der Waals surface area contributed by atoms with Crippen LogP contribution in [0.3, 0.4) is 0 Å². The van der Waals surface area contributed by atoms with E-state index >= 15 is 0 Å². The topological polar surface area (TPSA) is 64.1 Å². The van der Waals surface area contributed by atoms with Crippen molar-refractivity contribution < 1.29 is 14.2 Å². The van der Waals surface area contributed by atoms with Crippen molar-refractivity contribution in [2.24, 2.45) is 4.99 Å². The largest absolute Gasteiger partial charge is 0.496 e. The lowest BCUT2D eigenvalue weighted by Crippen LogP contribution is -2.38. The van der Waals surface area contributed by atoms with E-state index in [0.717, 1.165) is 55.6 Å². The number of rotatable bonds is 8. The molecule has 2 rings (SSSR count). The second-order valence-electron chi connectivity index (χ2n) is 5.87. The quantitative estimate of drug-likeness (QED) is 0.269. The van der Waals surface area contributed by atoms with E-state index in [1.807, 2.05) is 0 Å². The Labute approximate surface area is 167 Å². The number of nitrogens with one attached hydrogen (secondary N) is 2. The van der Waals surface area contributed by atoms with Gasteiger partial charge in [0.25, 0.3) is 0 Å². The van der Waals surface area contributed by atoms with Crippen molar-refractivity contribution in [3.8, 4) is 11.5 Å². The van der Waals surface area contributed by atoms with Gasteiger partial charge in [0.1, 0.15) is 17.6 Å². The molecule has 1 aliphatic heterocycles. The second kappa shape index (κ2) is 11.4. The van der Waals surface area contributed by atoms with Gasteiger partial charge in [-0.2, -0.15) is 0 Å². The summed E-state index contributed by atoms with van der Waals surface area (Å²) in [4.78, 5) is 4.65. The molecule has 1 aromatic rings. The standard InChI is InChI=1S/C18H29N3O3.HI/c1-5-19-18(20-7-6-8-22-3)21-12-15-11-17-14(9-13(2)24-17)10-16(15)23-4;/h10-11,13H,5-9,12H2,1-4H3,(H2,19,20,21);1H.